The zero-order valence-corrected chi connectivity index (χ0v) is 14.5. The zero-order chi connectivity index (χ0) is 18.2. The molecule has 6 nitrogen and oxygen atoms in total. The number of carbonyl (C=O) groups is 2. The van der Waals surface area contributed by atoms with Crippen molar-refractivity contribution < 1.29 is 19.1 Å². The molecular formula is C19H22N2O4. The number of rotatable bonds is 6. The van der Waals surface area contributed by atoms with Gasteiger partial charge in [-0.3, -0.25) is 10.1 Å². The van der Waals surface area contributed by atoms with E-state index in [1.807, 2.05) is 31.2 Å². The Kier molecular flexibility index (Phi) is 6.39. The third kappa shape index (κ3) is 5.84. The van der Waals surface area contributed by atoms with Crippen molar-refractivity contribution in [2.75, 3.05) is 17.2 Å². The van der Waals surface area contributed by atoms with Gasteiger partial charge in [0.15, 0.2) is 6.10 Å². The first-order valence-corrected chi connectivity index (χ1v) is 8.06. The maximum atomic E-state index is 12.3. The smallest absolute Gasteiger partial charge is 0.411 e. The molecule has 0 aromatic heterocycles. The fourth-order valence-corrected chi connectivity index (χ4v) is 2.16. The van der Waals surface area contributed by atoms with E-state index in [4.69, 9.17) is 9.47 Å². The Hall–Kier alpha value is -3.02. The van der Waals surface area contributed by atoms with Gasteiger partial charge in [-0.1, -0.05) is 18.2 Å². The highest BCUT2D eigenvalue weighted by atomic mass is 16.5. The normalized spacial score (nSPS) is 11.3. The van der Waals surface area contributed by atoms with Gasteiger partial charge >= 0.3 is 6.09 Å². The van der Waals surface area contributed by atoms with Crippen molar-refractivity contribution in [1.82, 2.24) is 0 Å². The monoisotopic (exact) mass is 342 g/mol. The molecule has 0 saturated carbocycles. The van der Waals surface area contributed by atoms with Gasteiger partial charge in [0, 0.05) is 17.4 Å². The Balaban J connectivity index is 1.96. The van der Waals surface area contributed by atoms with E-state index >= 15 is 0 Å². The van der Waals surface area contributed by atoms with E-state index in [9.17, 15) is 9.59 Å². The summed E-state index contributed by atoms with van der Waals surface area (Å²) in [5.74, 6) is 0.218. The number of nitrogens with one attached hydrogen (secondary N) is 2. The second kappa shape index (κ2) is 8.73. The summed E-state index contributed by atoms with van der Waals surface area (Å²) < 4.78 is 10.5. The molecule has 0 spiro atoms. The highest BCUT2D eigenvalue weighted by Gasteiger charge is 2.15. The van der Waals surface area contributed by atoms with E-state index in [-0.39, 0.29) is 12.5 Å². The SMILES string of the molecule is CCOC(=O)Nc1cccc(OC(C)C(=O)Nc2cccc(C)c2)c1. The fourth-order valence-electron chi connectivity index (χ4n) is 2.16. The van der Waals surface area contributed by atoms with Gasteiger partial charge in [0.2, 0.25) is 0 Å². The van der Waals surface area contributed by atoms with Crippen molar-refractivity contribution in [3.05, 3.63) is 54.1 Å². The molecule has 2 amide bonds. The minimum atomic E-state index is -0.696. The first-order chi connectivity index (χ1) is 12.0. The summed E-state index contributed by atoms with van der Waals surface area (Å²) >= 11 is 0. The minimum absolute atomic E-state index is 0.255. The van der Waals surface area contributed by atoms with Crippen molar-refractivity contribution >= 4 is 23.4 Å². The van der Waals surface area contributed by atoms with Crippen LogP contribution in [0.25, 0.3) is 0 Å². The van der Waals surface area contributed by atoms with Crippen LogP contribution in [-0.2, 0) is 9.53 Å². The summed E-state index contributed by atoms with van der Waals surface area (Å²) in [5.41, 5.74) is 2.31. The Morgan fingerprint density at radius 3 is 2.40 bits per heavy atom. The van der Waals surface area contributed by atoms with Gasteiger partial charge < -0.3 is 14.8 Å². The molecular weight excluding hydrogens is 320 g/mol. The Labute approximate surface area is 147 Å². The summed E-state index contributed by atoms with van der Waals surface area (Å²) in [7, 11) is 0. The van der Waals surface area contributed by atoms with Crippen LogP contribution in [0.3, 0.4) is 0 Å². The minimum Gasteiger partial charge on any atom is -0.481 e. The van der Waals surface area contributed by atoms with Crippen molar-refractivity contribution in [1.29, 1.82) is 0 Å². The van der Waals surface area contributed by atoms with E-state index in [1.165, 1.54) is 0 Å². The van der Waals surface area contributed by atoms with Crippen molar-refractivity contribution in [3.8, 4) is 5.75 Å². The summed E-state index contributed by atoms with van der Waals surface area (Å²) in [6.45, 7) is 5.64. The molecule has 25 heavy (non-hydrogen) atoms. The van der Waals surface area contributed by atoms with Crippen LogP contribution in [-0.4, -0.2) is 24.7 Å². The van der Waals surface area contributed by atoms with Gasteiger partial charge in [0.05, 0.1) is 6.61 Å². The summed E-state index contributed by atoms with van der Waals surface area (Å²) in [6, 6.07) is 14.3. The third-order valence-corrected chi connectivity index (χ3v) is 3.32. The summed E-state index contributed by atoms with van der Waals surface area (Å²) in [5, 5.41) is 5.40. The largest absolute Gasteiger partial charge is 0.481 e. The molecule has 0 fully saturated rings. The van der Waals surface area contributed by atoms with E-state index in [1.54, 1.807) is 38.1 Å². The Morgan fingerprint density at radius 1 is 1.04 bits per heavy atom. The van der Waals surface area contributed by atoms with Crippen molar-refractivity contribution in [3.63, 3.8) is 0 Å². The molecule has 0 aliphatic rings. The van der Waals surface area contributed by atoms with Crippen LogP contribution in [0.2, 0.25) is 0 Å². The van der Waals surface area contributed by atoms with Gasteiger partial charge in [-0.2, -0.15) is 0 Å². The lowest BCUT2D eigenvalue weighted by Crippen LogP contribution is -2.30. The molecule has 0 aliphatic carbocycles. The summed E-state index contributed by atoms with van der Waals surface area (Å²) in [6.07, 6.45) is -1.23. The second-order valence-electron chi connectivity index (χ2n) is 5.49. The lowest BCUT2D eigenvalue weighted by Gasteiger charge is -2.15. The molecule has 1 unspecified atom stereocenters. The maximum Gasteiger partial charge on any atom is 0.411 e. The maximum absolute atomic E-state index is 12.3. The van der Waals surface area contributed by atoms with Crippen LogP contribution in [0.15, 0.2) is 48.5 Å². The number of aryl methyl sites for hydroxylation is 1. The van der Waals surface area contributed by atoms with Crippen LogP contribution < -0.4 is 15.4 Å². The van der Waals surface area contributed by atoms with Crippen LogP contribution in [0.1, 0.15) is 19.4 Å². The predicted molar refractivity (Wildman–Crippen MR) is 97.0 cm³/mol. The quantitative estimate of drug-likeness (QED) is 0.833. The lowest BCUT2D eigenvalue weighted by molar-refractivity contribution is -0.122. The second-order valence-corrected chi connectivity index (χ2v) is 5.49. The van der Waals surface area contributed by atoms with Gasteiger partial charge in [-0.05, 0) is 50.6 Å². The van der Waals surface area contributed by atoms with Gasteiger partial charge in [-0.15, -0.1) is 0 Å². The van der Waals surface area contributed by atoms with E-state index in [2.05, 4.69) is 10.6 Å². The number of benzene rings is 2. The van der Waals surface area contributed by atoms with Gasteiger partial charge in [-0.25, -0.2) is 4.79 Å². The van der Waals surface area contributed by atoms with E-state index < -0.39 is 12.2 Å². The number of amides is 2. The molecule has 0 bridgehead atoms. The average molecular weight is 342 g/mol. The van der Waals surface area contributed by atoms with Crippen LogP contribution in [0.4, 0.5) is 16.2 Å². The highest BCUT2D eigenvalue weighted by molar-refractivity contribution is 5.94. The van der Waals surface area contributed by atoms with Gasteiger partial charge in [0.25, 0.3) is 5.91 Å². The molecule has 0 aliphatic heterocycles. The van der Waals surface area contributed by atoms with E-state index in [0.717, 1.165) is 11.3 Å². The number of hydrogen-bond donors (Lipinski definition) is 2. The predicted octanol–water partition coefficient (Wildman–Crippen LogP) is 3.97. The Morgan fingerprint density at radius 2 is 1.72 bits per heavy atom. The topological polar surface area (TPSA) is 76.7 Å². The molecule has 2 aromatic rings. The number of anilines is 2. The van der Waals surface area contributed by atoms with Crippen molar-refractivity contribution in [2.45, 2.75) is 26.9 Å². The van der Waals surface area contributed by atoms with E-state index in [0.29, 0.717) is 11.4 Å². The molecule has 0 radical (unpaired) electrons. The van der Waals surface area contributed by atoms with Crippen LogP contribution in [0.5, 0.6) is 5.75 Å². The molecule has 1 atom stereocenters. The molecule has 0 saturated heterocycles. The number of ether oxygens (including phenoxy) is 2. The molecule has 2 rings (SSSR count). The molecule has 2 aromatic carbocycles. The summed E-state index contributed by atoms with van der Waals surface area (Å²) in [4.78, 5) is 23.7. The Bertz CT molecular complexity index is 746. The fraction of sp³-hybridized carbons (Fsp3) is 0.263. The van der Waals surface area contributed by atoms with Crippen LogP contribution in [0, 0.1) is 6.92 Å². The van der Waals surface area contributed by atoms with Crippen molar-refractivity contribution in [2.24, 2.45) is 0 Å². The molecule has 0 heterocycles. The van der Waals surface area contributed by atoms with Crippen LogP contribution >= 0.6 is 0 Å². The molecule has 132 valence electrons. The molecule has 6 heteroatoms. The number of carbonyl (C=O) groups excluding carboxylic acids is 2. The van der Waals surface area contributed by atoms with Gasteiger partial charge in [0.1, 0.15) is 5.75 Å². The average Bonchev–Trinajstić information content (AvgIpc) is 2.55. The zero-order valence-electron chi connectivity index (χ0n) is 14.5. The lowest BCUT2D eigenvalue weighted by atomic mass is 10.2. The highest BCUT2D eigenvalue weighted by Crippen LogP contribution is 2.19. The first-order valence-electron chi connectivity index (χ1n) is 8.06. The number of hydrogen-bond acceptors (Lipinski definition) is 4. The third-order valence-electron chi connectivity index (χ3n) is 3.32. The first kappa shape index (κ1) is 18.3. The standard InChI is InChI=1S/C19H22N2O4/c1-4-24-19(23)21-16-9-6-10-17(12-16)25-14(3)18(22)20-15-8-5-7-13(2)11-15/h5-12,14H,4H2,1-3H3,(H,20,22)(H,21,23). The molecule has 2 N–H and O–H groups in total.